The van der Waals surface area contributed by atoms with Gasteiger partial charge in [-0.1, -0.05) is 20.8 Å². The number of ether oxygens (including phenoxy) is 1. The fourth-order valence-electron chi connectivity index (χ4n) is 3.28. The van der Waals surface area contributed by atoms with Crippen LogP contribution in [0.3, 0.4) is 0 Å². The maximum atomic E-state index is 13.1. The number of ketones is 4. The van der Waals surface area contributed by atoms with Crippen molar-refractivity contribution in [2.75, 3.05) is 0 Å². The van der Waals surface area contributed by atoms with Gasteiger partial charge in [-0.15, -0.1) is 0 Å². The molecule has 0 heterocycles. The summed E-state index contributed by atoms with van der Waals surface area (Å²) in [5.74, 6) is -2.86. The standard InChI is InChI=1S/C22H36O6/c1-14(15(2)23)17(25)12-10-11-13-18(26)22(16(3)24,20(4,5)6)19(27)28-21(7,8)9/h14H,10-13H2,1-9H3. The van der Waals surface area contributed by atoms with Crippen molar-refractivity contribution in [2.24, 2.45) is 16.7 Å². The molecule has 0 aromatic rings. The Morgan fingerprint density at radius 2 is 1.29 bits per heavy atom. The van der Waals surface area contributed by atoms with Gasteiger partial charge in [0, 0.05) is 12.8 Å². The molecule has 6 nitrogen and oxygen atoms in total. The number of carbonyl (C=O) groups excluding carboxylic acids is 5. The fraction of sp³-hybridized carbons (Fsp3) is 0.773. The number of Topliss-reactive ketones (excluding diaryl/α,β-unsaturated/α-hetero) is 4. The largest absolute Gasteiger partial charge is 0.459 e. The second-order valence-corrected chi connectivity index (χ2v) is 9.49. The van der Waals surface area contributed by atoms with E-state index < -0.39 is 39.9 Å². The van der Waals surface area contributed by atoms with E-state index in [2.05, 4.69) is 0 Å². The SMILES string of the molecule is CC(=O)C(C)C(=O)CCCCC(=O)C(C(C)=O)(C(=O)OC(C)(C)C)C(C)(C)C. The molecule has 160 valence electrons. The highest BCUT2D eigenvalue weighted by atomic mass is 16.6. The lowest BCUT2D eigenvalue weighted by molar-refractivity contribution is -0.180. The van der Waals surface area contributed by atoms with Crippen molar-refractivity contribution in [3.8, 4) is 0 Å². The van der Waals surface area contributed by atoms with Gasteiger partial charge in [0.05, 0.1) is 5.92 Å². The van der Waals surface area contributed by atoms with Crippen LogP contribution in [0.15, 0.2) is 0 Å². The van der Waals surface area contributed by atoms with Crippen molar-refractivity contribution in [1.82, 2.24) is 0 Å². The summed E-state index contributed by atoms with van der Waals surface area (Å²) < 4.78 is 5.44. The van der Waals surface area contributed by atoms with E-state index in [9.17, 15) is 24.0 Å². The number of hydrogen-bond donors (Lipinski definition) is 0. The lowest BCUT2D eigenvalue weighted by atomic mass is 9.61. The van der Waals surface area contributed by atoms with Gasteiger partial charge in [0.25, 0.3) is 0 Å². The molecule has 2 unspecified atom stereocenters. The van der Waals surface area contributed by atoms with E-state index in [1.54, 1.807) is 48.5 Å². The average molecular weight is 397 g/mol. The van der Waals surface area contributed by atoms with E-state index >= 15 is 0 Å². The monoisotopic (exact) mass is 396 g/mol. The third-order valence-corrected chi connectivity index (χ3v) is 4.95. The van der Waals surface area contributed by atoms with E-state index in [-0.39, 0.29) is 24.4 Å². The van der Waals surface area contributed by atoms with Crippen LogP contribution in [0.25, 0.3) is 0 Å². The van der Waals surface area contributed by atoms with Crippen molar-refractivity contribution < 1.29 is 28.7 Å². The summed E-state index contributed by atoms with van der Waals surface area (Å²) in [6, 6.07) is 0. The van der Waals surface area contributed by atoms with E-state index in [0.717, 1.165) is 0 Å². The minimum atomic E-state index is -1.89. The minimum absolute atomic E-state index is 0.0160. The summed E-state index contributed by atoms with van der Waals surface area (Å²) in [5, 5.41) is 0. The highest BCUT2D eigenvalue weighted by Crippen LogP contribution is 2.43. The average Bonchev–Trinajstić information content (AvgIpc) is 2.47. The van der Waals surface area contributed by atoms with Crippen LogP contribution < -0.4 is 0 Å². The molecule has 0 amide bonds. The number of carbonyl (C=O) groups is 5. The normalized spacial score (nSPS) is 15.3. The lowest BCUT2D eigenvalue weighted by Gasteiger charge is -2.40. The highest BCUT2D eigenvalue weighted by Gasteiger charge is 2.59. The van der Waals surface area contributed by atoms with Crippen LogP contribution >= 0.6 is 0 Å². The fourth-order valence-corrected chi connectivity index (χ4v) is 3.28. The molecule has 0 aliphatic carbocycles. The molecule has 0 rings (SSSR count). The van der Waals surface area contributed by atoms with Gasteiger partial charge in [0.2, 0.25) is 0 Å². The highest BCUT2D eigenvalue weighted by molar-refractivity contribution is 6.22. The van der Waals surface area contributed by atoms with Crippen LogP contribution in [0.2, 0.25) is 0 Å². The molecule has 0 saturated heterocycles. The summed E-state index contributed by atoms with van der Waals surface area (Å²) in [6.45, 7) is 14.3. The number of esters is 1. The van der Waals surface area contributed by atoms with Gasteiger partial charge >= 0.3 is 5.97 Å². The third-order valence-electron chi connectivity index (χ3n) is 4.95. The predicted molar refractivity (Wildman–Crippen MR) is 107 cm³/mol. The zero-order valence-electron chi connectivity index (χ0n) is 18.9. The summed E-state index contributed by atoms with van der Waals surface area (Å²) >= 11 is 0. The molecule has 0 fully saturated rings. The van der Waals surface area contributed by atoms with E-state index in [0.29, 0.717) is 12.8 Å². The first kappa shape index (κ1) is 26.1. The Hall–Kier alpha value is -1.85. The van der Waals surface area contributed by atoms with Crippen LogP contribution in [-0.4, -0.2) is 34.7 Å². The summed E-state index contributed by atoms with van der Waals surface area (Å²) in [5.41, 5.74) is -3.69. The van der Waals surface area contributed by atoms with Crippen molar-refractivity contribution in [1.29, 1.82) is 0 Å². The van der Waals surface area contributed by atoms with E-state index in [4.69, 9.17) is 4.74 Å². The second kappa shape index (κ2) is 9.57. The van der Waals surface area contributed by atoms with Crippen LogP contribution in [0, 0.1) is 16.7 Å². The van der Waals surface area contributed by atoms with Crippen molar-refractivity contribution in [3.05, 3.63) is 0 Å². The number of unbranched alkanes of at least 4 members (excludes halogenated alkanes) is 1. The maximum Gasteiger partial charge on any atom is 0.328 e. The third kappa shape index (κ3) is 6.35. The maximum absolute atomic E-state index is 13.1. The Balaban J connectivity index is 5.41. The number of rotatable bonds is 10. The molecule has 28 heavy (non-hydrogen) atoms. The Labute approximate surface area is 168 Å². The van der Waals surface area contributed by atoms with Crippen molar-refractivity contribution in [2.45, 2.75) is 93.6 Å². The Morgan fingerprint density at radius 3 is 1.64 bits per heavy atom. The molecule has 6 heteroatoms. The Kier molecular flexibility index (Phi) is 8.94. The minimum Gasteiger partial charge on any atom is -0.459 e. The molecule has 0 aliphatic rings. The van der Waals surface area contributed by atoms with E-state index in [1.165, 1.54) is 13.8 Å². The van der Waals surface area contributed by atoms with Gasteiger partial charge in [-0.3, -0.25) is 24.0 Å². The molecular weight excluding hydrogens is 360 g/mol. The van der Waals surface area contributed by atoms with Gasteiger partial charge in [-0.05, 0) is 59.8 Å². The molecule has 0 aliphatic heterocycles. The first-order valence-electron chi connectivity index (χ1n) is 9.79. The second-order valence-electron chi connectivity index (χ2n) is 9.49. The van der Waals surface area contributed by atoms with Crippen molar-refractivity contribution >= 4 is 29.1 Å². The molecule has 2 atom stereocenters. The van der Waals surface area contributed by atoms with Crippen molar-refractivity contribution in [3.63, 3.8) is 0 Å². The smallest absolute Gasteiger partial charge is 0.328 e. The summed E-state index contributed by atoms with van der Waals surface area (Å²) in [7, 11) is 0. The quantitative estimate of drug-likeness (QED) is 0.316. The first-order valence-corrected chi connectivity index (χ1v) is 9.79. The molecular formula is C22H36O6. The van der Waals surface area contributed by atoms with Gasteiger partial charge in [0.15, 0.2) is 17.0 Å². The first-order chi connectivity index (χ1) is 12.5. The molecule has 0 spiro atoms. The van der Waals surface area contributed by atoms with Crippen LogP contribution in [-0.2, 0) is 28.7 Å². The Bertz CT molecular complexity index is 632. The topological polar surface area (TPSA) is 94.6 Å². The molecule has 0 radical (unpaired) electrons. The zero-order chi connectivity index (χ0) is 22.5. The van der Waals surface area contributed by atoms with Gasteiger partial charge in [-0.25, -0.2) is 0 Å². The van der Waals surface area contributed by atoms with Gasteiger partial charge in [-0.2, -0.15) is 0 Å². The molecule has 0 aromatic heterocycles. The van der Waals surface area contributed by atoms with Gasteiger partial charge < -0.3 is 4.74 Å². The lowest BCUT2D eigenvalue weighted by Crippen LogP contribution is -2.56. The zero-order valence-corrected chi connectivity index (χ0v) is 18.9. The predicted octanol–water partition coefficient (Wildman–Crippen LogP) is 3.87. The Morgan fingerprint density at radius 1 is 0.821 bits per heavy atom. The van der Waals surface area contributed by atoms with E-state index in [1.807, 2.05) is 0 Å². The molecule has 0 saturated carbocycles. The van der Waals surface area contributed by atoms with Crippen LogP contribution in [0.4, 0.5) is 0 Å². The summed E-state index contributed by atoms with van der Waals surface area (Å²) in [4.78, 5) is 61.8. The molecule has 0 aromatic carbocycles. The summed E-state index contributed by atoms with van der Waals surface area (Å²) in [6.07, 6.45) is 0.929. The van der Waals surface area contributed by atoms with Crippen LogP contribution in [0.5, 0.6) is 0 Å². The number of hydrogen-bond acceptors (Lipinski definition) is 6. The van der Waals surface area contributed by atoms with Gasteiger partial charge in [0.1, 0.15) is 17.2 Å². The molecule has 0 bridgehead atoms. The van der Waals surface area contributed by atoms with Crippen LogP contribution in [0.1, 0.15) is 88.0 Å². The molecule has 0 N–H and O–H groups in total.